The molecule has 0 atom stereocenters. The Hall–Kier alpha value is -1.98. The number of carbonyl (C=O) groups is 4. The minimum absolute atomic E-state index is 0.0740. The van der Waals surface area contributed by atoms with Gasteiger partial charge in [-0.05, 0) is 6.92 Å². The summed E-state index contributed by atoms with van der Waals surface area (Å²) in [7, 11) is 0. The second-order valence-electron chi connectivity index (χ2n) is 6.53. The van der Waals surface area contributed by atoms with Crippen molar-refractivity contribution in [3.8, 4) is 0 Å². The van der Waals surface area contributed by atoms with Gasteiger partial charge in [0.05, 0.1) is 59.4 Å². The summed E-state index contributed by atoms with van der Waals surface area (Å²) < 4.78 is 21.3. The number of imide groups is 1. The first kappa shape index (κ1) is 26.1. The van der Waals surface area contributed by atoms with Crippen LogP contribution in [0.5, 0.6) is 0 Å². The predicted molar refractivity (Wildman–Crippen MR) is 107 cm³/mol. The molecule has 10 nitrogen and oxygen atoms in total. The van der Waals surface area contributed by atoms with Crippen molar-refractivity contribution in [1.82, 2.24) is 10.2 Å². The number of hydrogen-bond donors (Lipinski definition) is 1. The Morgan fingerprint density at radius 2 is 1.30 bits per heavy atom. The van der Waals surface area contributed by atoms with Gasteiger partial charge in [0, 0.05) is 38.1 Å². The molecule has 0 unspecified atom stereocenters. The highest BCUT2D eigenvalue weighted by molar-refractivity contribution is 6.13. The minimum atomic E-state index is -0.377. The van der Waals surface area contributed by atoms with Gasteiger partial charge in [-0.25, -0.2) is 0 Å². The number of nitrogens with one attached hydrogen (secondary N) is 1. The van der Waals surface area contributed by atoms with Gasteiger partial charge in [-0.2, -0.15) is 0 Å². The molecule has 0 bridgehead atoms. The molecule has 0 spiro atoms. The summed E-state index contributed by atoms with van der Waals surface area (Å²) in [6.45, 7) is 5.91. The van der Waals surface area contributed by atoms with Crippen molar-refractivity contribution < 1.29 is 38.1 Å². The molecule has 170 valence electrons. The average molecular weight is 428 g/mol. The van der Waals surface area contributed by atoms with E-state index < -0.39 is 0 Å². The lowest BCUT2D eigenvalue weighted by molar-refractivity contribution is -0.137. The summed E-state index contributed by atoms with van der Waals surface area (Å²) in [4.78, 5) is 46.2. The molecule has 10 heteroatoms. The quantitative estimate of drug-likeness (QED) is 0.202. The fraction of sp³-hybridized carbons (Fsp3) is 0.700. The van der Waals surface area contributed by atoms with Gasteiger partial charge in [0.2, 0.25) is 0 Å². The third-order valence-electron chi connectivity index (χ3n) is 3.97. The third kappa shape index (κ3) is 13.3. The number of rotatable bonds is 20. The van der Waals surface area contributed by atoms with Gasteiger partial charge >= 0.3 is 0 Å². The summed E-state index contributed by atoms with van der Waals surface area (Å²) in [5.41, 5.74) is 0. The lowest BCUT2D eigenvalue weighted by atomic mass is 10.2. The van der Waals surface area contributed by atoms with E-state index in [1.165, 1.54) is 19.1 Å². The van der Waals surface area contributed by atoms with E-state index in [1.54, 1.807) is 0 Å². The van der Waals surface area contributed by atoms with Crippen molar-refractivity contribution in [1.29, 1.82) is 0 Å². The smallest absolute Gasteiger partial charge is 0.253 e. The zero-order chi connectivity index (χ0) is 22.0. The van der Waals surface area contributed by atoms with Crippen LogP contribution in [0.2, 0.25) is 0 Å². The van der Waals surface area contributed by atoms with E-state index in [2.05, 4.69) is 5.32 Å². The standard InChI is InChI=1S/C20H32N2O8/c1-17(23)5-8-27-10-12-29-14-15-30-13-11-28-9-6-21-16-18(24)4-7-22-19(25)2-3-20(22)26/h2-3,21H,4-16H2,1H3. The molecule has 30 heavy (non-hydrogen) atoms. The normalized spacial score (nSPS) is 13.4. The van der Waals surface area contributed by atoms with Crippen LogP contribution in [0.3, 0.4) is 0 Å². The van der Waals surface area contributed by atoms with Crippen LogP contribution in [-0.4, -0.2) is 101 Å². The monoisotopic (exact) mass is 428 g/mol. The summed E-state index contributed by atoms with van der Waals surface area (Å²) in [5, 5.41) is 2.96. The lowest BCUT2D eigenvalue weighted by Gasteiger charge is -2.13. The molecular weight excluding hydrogens is 396 g/mol. The Balaban J connectivity index is 1.78. The SMILES string of the molecule is CC(=O)CCOCCOCCOCCOCCNCC(=O)CCN1C(=O)C=CC1=O. The van der Waals surface area contributed by atoms with Crippen LogP contribution in [0.4, 0.5) is 0 Å². The van der Waals surface area contributed by atoms with Gasteiger partial charge in [-0.1, -0.05) is 0 Å². The molecule has 1 N–H and O–H groups in total. The van der Waals surface area contributed by atoms with Crippen LogP contribution in [0.1, 0.15) is 19.8 Å². The molecule has 0 aliphatic carbocycles. The number of amides is 2. The highest BCUT2D eigenvalue weighted by Gasteiger charge is 2.23. The van der Waals surface area contributed by atoms with E-state index >= 15 is 0 Å². The van der Waals surface area contributed by atoms with Crippen LogP contribution in [-0.2, 0) is 38.1 Å². The molecule has 1 aliphatic rings. The first-order chi connectivity index (χ1) is 14.5. The van der Waals surface area contributed by atoms with E-state index in [0.29, 0.717) is 65.8 Å². The number of hydrogen-bond acceptors (Lipinski definition) is 9. The zero-order valence-corrected chi connectivity index (χ0v) is 17.6. The largest absolute Gasteiger partial charge is 0.379 e. The number of Topliss-reactive ketones (excluding diaryl/α,β-unsaturated/α-hetero) is 2. The number of carbonyl (C=O) groups excluding carboxylic acids is 4. The Morgan fingerprint density at radius 1 is 0.800 bits per heavy atom. The van der Waals surface area contributed by atoms with Crippen molar-refractivity contribution in [3.05, 3.63) is 12.2 Å². The molecule has 0 aromatic heterocycles. The highest BCUT2D eigenvalue weighted by atomic mass is 16.6. The van der Waals surface area contributed by atoms with E-state index in [1.807, 2.05) is 0 Å². The van der Waals surface area contributed by atoms with Crippen molar-refractivity contribution in [2.24, 2.45) is 0 Å². The van der Waals surface area contributed by atoms with E-state index in [-0.39, 0.29) is 42.9 Å². The van der Waals surface area contributed by atoms with Gasteiger partial charge < -0.3 is 24.3 Å². The fourth-order valence-electron chi connectivity index (χ4n) is 2.33. The number of ketones is 2. The topological polar surface area (TPSA) is 120 Å². The maximum atomic E-state index is 11.7. The Morgan fingerprint density at radius 3 is 1.83 bits per heavy atom. The molecule has 0 saturated heterocycles. The van der Waals surface area contributed by atoms with Crippen LogP contribution >= 0.6 is 0 Å². The molecule has 0 radical (unpaired) electrons. The lowest BCUT2D eigenvalue weighted by Crippen LogP contribution is -2.34. The predicted octanol–water partition coefficient (Wildman–Crippen LogP) is -0.494. The maximum Gasteiger partial charge on any atom is 0.253 e. The summed E-state index contributed by atoms with van der Waals surface area (Å²) >= 11 is 0. The molecule has 1 heterocycles. The van der Waals surface area contributed by atoms with Crippen molar-refractivity contribution >= 4 is 23.4 Å². The molecule has 1 aliphatic heterocycles. The first-order valence-electron chi connectivity index (χ1n) is 10.1. The molecular formula is C20H32N2O8. The fourth-order valence-corrected chi connectivity index (χ4v) is 2.33. The Labute approximate surface area is 176 Å². The van der Waals surface area contributed by atoms with Crippen LogP contribution in [0.25, 0.3) is 0 Å². The third-order valence-corrected chi connectivity index (χ3v) is 3.97. The van der Waals surface area contributed by atoms with Crippen molar-refractivity contribution in [2.75, 3.05) is 72.5 Å². The van der Waals surface area contributed by atoms with E-state index in [0.717, 1.165) is 4.90 Å². The van der Waals surface area contributed by atoms with E-state index in [4.69, 9.17) is 18.9 Å². The second-order valence-corrected chi connectivity index (χ2v) is 6.53. The van der Waals surface area contributed by atoms with Gasteiger partial charge in [0.15, 0.2) is 0 Å². The Bertz CT molecular complexity index is 561. The van der Waals surface area contributed by atoms with Crippen LogP contribution < -0.4 is 5.32 Å². The van der Waals surface area contributed by atoms with Gasteiger partial charge in [0.25, 0.3) is 11.8 Å². The number of nitrogens with zero attached hydrogens (tertiary/aromatic N) is 1. The van der Waals surface area contributed by atoms with Crippen molar-refractivity contribution in [2.45, 2.75) is 19.8 Å². The average Bonchev–Trinajstić information content (AvgIpc) is 3.03. The van der Waals surface area contributed by atoms with Crippen molar-refractivity contribution in [3.63, 3.8) is 0 Å². The summed E-state index contributed by atoms with van der Waals surface area (Å²) in [6, 6.07) is 0. The molecule has 0 aromatic rings. The van der Waals surface area contributed by atoms with E-state index in [9.17, 15) is 19.2 Å². The van der Waals surface area contributed by atoms with Crippen LogP contribution in [0, 0.1) is 0 Å². The molecule has 0 fully saturated rings. The zero-order valence-electron chi connectivity index (χ0n) is 17.6. The van der Waals surface area contributed by atoms with Crippen LogP contribution in [0.15, 0.2) is 12.2 Å². The van der Waals surface area contributed by atoms with Gasteiger partial charge in [-0.3, -0.25) is 24.1 Å². The molecule has 2 amide bonds. The molecule has 0 aromatic carbocycles. The maximum absolute atomic E-state index is 11.7. The van der Waals surface area contributed by atoms with Gasteiger partial charge in [-0.15, -0.1) is 0 Å². The minimum Gasteiger partial charge on any atom is -0.379 e. The Kier molecular flexibility index (Phi) is 14.6. The molecule has 0 saturated carbocycles. The second kappa shape index (κ2) is 16.8. The highest BCUT2D eigenvalue weighted by Crippen LogP contribution is 2.04. The summed E-state index contributed by atoms with van der Waals surface area (Å²) in [6.07, 6.45) is 2.96. The first-order valence-corrected chi connectivity index (χ1v) is 10.1. The summed E-state index contributed by atoms with van der Waals surface area (Å²) in [5.74, 6) is -0.717. The number of ether oxygens (including phenoxy) is 4. The van der Waals surface area contributed by atoms with Gasteiger partial charge in [0.1, 0.15) is 11.6 Å². The molecule has 1 rings (SSSR count).